The van der Waals surface area contributed by atoms with Gasteiger partial charge in [-0.15, -0.1) is 0 Å². The van der Waals surface area contributed by atoms with Crippen LogP contribution in [0.4, 0.5) is 0 Å². The quantitative estimate of drug-likeness (QED) is 0.157. The highest BCUT2D eigenvalue weighted by Crippen LogP contribution is 2.50. The highest BCUT2D eigenvalue weighted by Gasteiger charge is 2.46. The number of aliphatic hydroxyl groups excluding tert-OH is 4. The zero-order chi connectivity index (χ0) is 24.0. The van der Waals surface area contributed by atoms with Crippen LogP contribution in [0.15, 0.2) is 30.0 Å². The average Bonchev–Trinajstić information content (AvgIpc) is 2.79. The average molecular weight is 467 g/mol. The third-order valence-electron chi connectivity index (χ3n) is 5.51. The Labute approximate surface area is 186 Å². The molecule has 2 aromatic carbocycles. The Balaban J connectivity index is 1.77. The molecule has 4 rings (SSSR count). The van der Waals surface area contributed by atoms with E-state index in [1.807, 2.05) is 0 Å². The molecule has 0 radical (unpaired) electrons. The highest BCUT2D eigenvalue weighted by molar-refractivity contribution is 5.73. The van der Waals surface area contributed by atoms with E-state index >= 15 is 0 Å². The normalized spacial score (nSPS) is 29.0. The van der Waals surface area contributed by atoms with Crippen LogP contribution in [0.2, 0.25) is 0 Å². The number of aliphatic hydroxyl groups is 5. The molecule has 0 aromatic heterocycles. The van der Waals surface area contributed by atoms with Gasteiger partial charge in [-0.1, -0.05) is 0 Å². The Hall–Kier alpha value is -3.42. The van der Waals surface area contributed by atoms with Gasteiger partial charge >= 0.3 is 0 Å². The first-order valence-corrected chi connectivity index (χ1v) is 9.81. The van der Waals surface area contributed by atoms with Crippen molar-refractivity contribution in [1.82, 2.24) is 0 Å². The number of hydrogen-bond acceptors (Lipinski definition) is 11. The Morgan fingerprint density at radius 1 is 0.848 bits per heavy atom. The molecule has 10 N–H and O–H groups in total. The fourth-order valence-corrected chi connectivity index (χ4v) is 3.67. The number of ether oxygens (including phenoxy) is 3. The van der Waals surface area contributed by atoms with Gasteiger partial charge in [-0.2, -0.15) is 0 Å². The molecular weight excluding hydrogens is 444 g/mol. The van der Waals surface area contributed by atoms with Crippen LogP contribution in [-0.2, 0) is 9.47 Å². The molecule has 1 unspecified atom stereocenters. The molecule has 0 amide bonds. The van der Waals surface area contributed by atoms with E-state index in [-0.39, 0.29) is 17.1 Å². The zero-order valence-corrected chi connectivity index (χ0v) is 16.8. The largest absolute Gasteiger partial charge is 0.571 e. The fourth-order valence-electron chi connectivity index (χ4n) is 3.67. The van der Waals surface area contributed by atoms with E-state index in [0.717, 1.165) is 6.07 Å². The molecular formula is C21H23O12+. The molecule has 0 spiro atoms. The minimum Gasteiger partial charge on any atom is -0.571 e. The number of phenols is 5. The molecule has 33 heavy (non-hydrogen) atoms. The summed E-state index contributed by atoms with van der Waals surface area (Å²) in [6.07, 6.45) is -7.69. The summed E-state index contributed by atoms with van der Waals surface area (Å²) in [5.74, 6) is -3.01. The molecule has 12 heteroatoms. The van der Waals surface area contributed by atoms with Crippen molar-refractivity contribution >= 4 is 6.08 Å². The van der Waals surface area contributed by atoms with E-state index in [9.17, 15) is 46.0 Å². The molecule has 1 fully saturated rings. The minimum atomic E-state index is -1.74. The Morgan fingerprint density at radius 3 is 2.24 bits per heavy atom. The van der Waals surface area contributed by atoms with Crippen LogP contribution in [0.25, 0.3) is 6.08 Å². The number of benzene rings is 2. The lowest BCUT2D eigenvalue weighted by Crippen LogP contribution is -2.59. The number of rotatable bonds is 4. The van der Waals surface area contributed by atoms with Gasteiger partial charge in [0.1, 0.15) is 30.0 Å². The Bertz CT molecular complexity index is 1080. The molecule has 0 aliphatic carbocycles. The monoisotopic (exact) mass is 467 g/mol. The van der Waals surface area contributed by atoms with Crippen LogP contribution in [0.1, 0.15) is 17.2 Å². The Morgan fingerprint density at radius 2 is 1.58 bits per heavy atom. The van der Waals surface area contributed by atoms with Crippen LogP contribution >= 0.6 is 0 Å². The lowest BCUT2D eigenvalue weighted by Gasteiger charge is -2.40. The van der Waals surface area contributed by atoms with Crippen molar-refractivity contribution in [3.8, 4) is 34.5 Å². The van der Waals surface area contributed by atoms with E-state index in [1.54, 1.807) is 0 Å². The van der Waals surface area contributed by atoms with Crippen LogP contribution in [0.5, 0.6) is 34.5 Å². The SMILES string of the molecule is OC[C@H]1O[C@@H](OC2=Cc3c(cc(O)c(O)c3O)[OH+]C2c2ccc(O)c(O)c2)[C@H](O)[C@@H](O)[C@@H]1O. The topological polar surface area (TPSA) is 213 Å². The van der Waals surface area contributed by atoms with E-state index in [4.69, 9.17) is 9.47 Å². The molecule has 178 valence electrons. The van der Waals surface area contributed by atoms with Gasteiger partial charge in [-0.05, 0) is 18.2 Å². The van der Waals surface area contributed by atoms with E-state index in [2.05, 4.69) is 4.74 Å². The molecule has 2 aliphatic rings. The van der Waals surface area contributed by atoms with E-state index in [0.29, 0.717) is 5.56 Å². The molecule has 0 bridgehead atoms. The summed E-state index contributed by atoms with van der Waals surface area (Å²) in [6.45, 7) is -0.680. The first-order chi connectivity index (χ1) is 15.6. The smallest absolute Gasteiger partial charge is 0.270 e. The van der Waals surface area contributed by atoms with Crippen LogP contribution in [0.3, 0.4) is 0 Å². The first-order valence-electron chi connectivity index (χ1n) is 9.81. The number of fused-ring (bicyclic) bond motifs is 1. The van der Waals surface area contributed by atoms with Crippen molar-refractivity contribution in [2.45, 2.75) is 36.8 Å². The van der Waals surface area contributed by atoms with E-state index < -0.39 is 72.2 Å². The second-order valence-corrected chi connectivity index (χ2v) is 7.67. The molecule has 2 heterocycles. The maximum Gasteiger partial charge on any atom is 0.270 e. The van der Waals surface area contributed by atoms with Gasteiger partial charge in [0, 0.05) is 6.08 Å². The van der Waals surface area contributed by atoms with Crippen LogP contribution in [0, 0.1) is 0 Å². The molecule has 12 nitrogen and oxygen atoms in total. The molecule has 0 saturated carbocycles. The third-order valence-corrected chi connectivity index (χ3v) is 5.51. The second kappa shape index (κ2) is 8.50. The van der Waals surface area contributed by atoms with Crippen molar-refractivity contribution in [3.05, 3.63) is 41.2 Å². The molecule has 2 aromatic rings. The summed E-state index contributed by atoms with van der Waals surface area (Å²) in [5.41, 5.74) is 0.253. The lowest BCUT2D eigenvalue weighted by atomic mass is 9.98. The second-order valence-electron chi connectivity index (χ2n) is 7.67. The zero-order valence-electron chi connectivity index (χ0n) is 16.8. The van der Waals surface area contributed by atoms with Gasteiger partial charge in [0.25, 0.3) is 11.9 Å². The van der Waals surface area contributed by atoms with Gasteiger partial charge in [-0.25, -0.2) is 0 Å². The predicted molar refractivity (Wildman–Crippen MR) is 108 cm³/mol. The van der Waals surface area contributed by atoms with Crippen molar-refractivity contribution in [1.29, 1.82) is 0 Å². The minimum absolute atomic E-state index is 0.0378. The standard InChI is InChI=1S/C21H22O12/c22-6-14-17(28)18(29)19(30)21(33-14)32-13-4-8-12(5-11(25)16(27)15(8)26)31-20(13)7-1-2-9(23)10(24)3-7/h1-5,14,17-30H,6H2/p+1/t14-,17-,18+,19-,20?,21-/m1/s1. The van der Waals surface area contributed by atoms with Crippen LogP contribution in [-0.4, -0.2) is 88.0 Å². The van der Waals surface area contributed by atoms with Crippen LogP contribution < -0.4 is 0 Å². The van der Waals surface area contributed by atoms with Crippen molar-refractivity contribution < 1.29 is 60.2 Å². The van der Waals surface area contributed by atoms with Crippen molar-refractivity contribution in [3.63, 3.8) is 0 Å². The summed E-state index contributed by atoms with van der Waals surface area (Å²) in [7, 11) is 0. The van der Waals surface area contributed by atoms with Gasteiger partial charge in [0.05, 0.1) is 18.2 Å². The van der Waals surface area contributed by atoms with Crippen molar-refractivity contribution in [2.75, 3.05) is 6.61 Å². The molecule has 6 atom stereocenters. The lowest BCUT2D eigenvalue weighted by molar-refractivity contribution is -0.295. The first kappa shape index (κ1) is 22.8. The maximum absolute atomic E-state index is 10.3. The predicted octanol–water partition coefficient (Wildman–Crippen LogP) is -0.632. The Kier molecular flexibility index (Phi) is 5.86. The molecule has 2 aliphatic heterocycles. The van der Waals surface area contributed by atoms with E-state index in [1.165, 1.54) is 24.3 Å². The summed E-state index contributed by atoms with van der Waals surface area (Å²) in [5, 5.41) is 89.2. The summed E-state index contributed by atoms with van der Waals surface area (Å²) >= 11 is 0. The number of phenolic OH excluding ortho intramolecular Hbond substituents is 5. The third kappa shape index (κ3) is 3.94. The molecule has 1 saturated heterocycles. The summed E-state index contributed by atoms with van der Waals surface area (Å²) < 4.78 is 15.5. The van der Waals surface area contributed by atoms with Gasteiger partial charge in [0.2, 0.25) is 12.0 Å². The number of hydrogen-bond donors (Lipinski definition) is 9. The number of aromatic hydroxyl groups is 6. The van der Waals surface area contributed by atoms with Gasteiger partial charge in [-0.3, -0.25) is 0 Å². The summed E-state index contributed by atoms with van der Waals surface area (Å²) in [4.78, 5) is 0. The van der Waals surface area contributed by atoms with Gasteiger partial charge in [0.15, 0.2) is 28.8 Å². The van der Waals surface area contributed by atoms with Gasteiger partial charge < -0.3 is 60.2 Å². The summed E-state index contributed by atoms with van der Waals surface area (Å²) in [6, 6.07) is 4.91. The van der Waals surface area contributed by atoms with Crippen molar-refractivity contribution in [2.24, 2.45) is 0 Å². The fraction of sp³-hybridized carbons (Fsp3) is 0.333. The highest BCUT2D eigenvalue weighted by atomic mass is 16.7. The maximum atomic E-state index is 10.3.